The second-order valence-electron chi connectivity index (χ2n) is 9.72. The van der Waals surface area contributed by atoms with Crippen molar-refractivity contribution in [1.29, 1.82) is 0 Å². The van der Waals surface area contributed by atoms with Gasteiger partial charge in [0.15, 0.2) is 0 Å². The summed E-state index contributed by atoms with van der Waals surface area (Å²) in [4.78, 5) is 28.0. The Morgan fingerprint density at radius 3 is 2.24 bits per heavy atom. The Balaban J connectivity index is 1.50. The number of aryl methyl sites for hydroxylation is 1. The lowest BCUT2D eigenvalue weighted by atomic mass is 9.93. The predicted molar refractivity (Wildman–Crippen MR) is 156 cm³/mol. The van der Waals surface area contributed by atoms with Crippen molar-refractivity contribution in [3.05, 3.63) is 131 Å². The van der Waals surface area contributed by atoms with Gasteiger partial charge in [-0.25, -0.2) is 0 Å². The predicted octanol–water partition coefficient (Wildman–Crippen LogP) is 6.43. The van der Waals surface area contributed by atoms with Crippen LogP contribution in [0.3, 0.4) is 0 Å². The fourth-order valence-electron chi connectivity index (χ4n) is 4.90. The summed E-state index contributed by atoms with van der Waals surface area (Å²) in [6, 6.07) is 30.8. The highest BCUT2D eigenvalue weighted by atomic mass is 16.5. The molecule has 4 aromatic carbocycles. The highest BCUT2D eigenvalue weighted by molar-refractivity contribution is 6.46. The van der Waals surface area contributed by atoms with Crippen molar-refractivity contribution >= 4 is 17.4 Å². The van der Waals surface area contributed by atoms with E-state index in [1.54, 1.807) is 30.3 Å². The van der Waals surface area contributed by atoms with Gasteiger partial charge in [-0.3, -0.25) is 9.59 Å². The van der Waals surface area contributed by atoms with E-state index in [0.717, 1.165) is 5.56 Å². The number of benzene rings is 4. The number of carbonyl (C=O) groups excluding carboxylic acids is 2. The van der Waals surface area contributed by atoms with E-state index < -0.39 is 17.7 Å². The van der Waals surface area contributed by atoms with Gasteiger partial charge in [-0.05, 0) is 66.1 Å². The van der Waals surface area contributed by atoms with E-state index in [-0.39, 0.29) is 24.5 Å². The standard InChI is InChI=1S/C34H31NO6/c1-23-20-27(40-22-24-10-5-3-6-11-24)16-17-29(23)32(36)30-31(35(18-19-39-2)34(38)33(30)37)25-12-9-15-28(21-25)41-26-13-7-4-8-14-26/h3-17,20-21,31,36H,18-19,22H2,1-2H3/t31-/m1/s1. The number of methoxy groups -OCH3 is 1. The van der Waals surface area contributed by atoms with Crippen molar-refractivity contribution < 1.29 is 28.9 Å². The van der Waals surface area contributed by atoms with Crippen LogP contribution in [0, 0.1) is 6.92 Å². The maximum absolute atomic E-state index is 13.4. The Bertz CT molecular complexity index is 1560. The first-order valence-electron chi connectivity index (χ1n) is 13.3. The minimum atomic E-state index is -0.821. The zero-order chi connectivity index (χ0) is 28.8. The number of ketones is 1. The van der Waals surface area contributed by atoms with Gasteiger partial charge in [0.1, 0.15) is 29.6 Å². The van der Waals surface area contributed by atoms with Crippen molar-refractivity contribution in [2.45, 2.75) is 19.6 Å². The Morgan fingerprint density at radius 1 is 0.829 bits per heavy atom. The molecule has 1 fully saturated rings. The van der Waals surface area contributed by atoms with E-state index in [2.05, 4.69) is 0 Å². The molecule has 1 N–H and O–H groups in total. The molecule has 7 nitrogen and oxygen atoms in total. The molecule has 7 heteroatoms. The monoisotopic (exact) mass is 549 g/mol. The minimum Gasteiger partial charge on any atom is -0.507 e. The molecule has 0 aromatic heterocycles. The zero-order valence-corrected chi connectivity index (χ0v) is 22.9. The summed E-state index contributed by atoms with van der Waals surface area (Å²) in [7, 11) is 1.53. The number of carbonyl (C=O) groups is 2. The Hall–Kier alpha value is -4.88. The average molecular weight is 550 g/mol. The van der Waals surface area contributed by atoms with E-state index in [1.807, 2.05) is 79.7 Å². The molecule has 1 atom stereocenters. The molecule has 4 aromatic rings. The Labute approximate surface area is 239 Å². The highest BCUT2D eigenvalue weighted by Crippen LogP contribution is 2.41. The quantitative estimate of drug-likeness (QED) is 0.139. The molecule has 1 heterocycles. The molecule has 41 heavy (non-hydrogen) atoms. The SMILES string of the molecule is COCCN1C(=O)C(=O)C(=C(O)c2ccc(OCc3ccccc3)cc2C)[C@H]1c1cccc(Oc2ccccc2)c1. The van der Waals surface area contributed by atoms with Gasteiger partial charge in [-0.1, -0.05) is 60.7 Å². The molecule has 0 bridgehead atoms. The van der Waals surface area contributed by atoms with Crippen molar-refractivity contribution in [3.8, 4) is 17.2 Å². The molecule has 1 amide bonds. The Kier molecular flexibility index (Phi) is 8.46. The van der Waals surface area contributed by atoms with Crippen LogP contribution in [0.2, 0.25) is 0 Å². The molecular formula is C34H31NO6. The first-order chi connectivity index (χ1) is 20.0. The molecule has 1 saturated heterocycles. The lowest BCUT2D eigenvalue weighted by molar-refractivity contribution is -0.140. The molecular weight excluding hydrogens is 518 g/mol. The smallest absolute Gasteiger partial charge is 0.295 e. The van der Waals surface area contributed by atoms with Crippen molar-refractivity contribution in [2.75, 3.05) is 20.3 Å². The Morgan fingerprint density at radius 2 is 1.54 bits per heavy atom. The number of amides is 1. The summed E-state index contributed by atoms with van der Waals surface area (Å²) < 4.78 is 17.2. The van der Waals surface area contributed by atoms with Gasteiger partial charge in [-0.15, -0.1) is 0 Å². The fourth-order valence-corrected chi connectivity index (χ4v) is 4.90. The van der Waals surface area contributed by atoms with Crippen molar-refractivity contribution in [1.82, 2.24) is 4.90 Å². The number of ether oxygens (including phenoxy) is 3. The first kappa shape index (κ1) is 27.7. The van der Waals surface area contributed by atoms with Crippen LogP contribution >= 0.6 is 0 Å². The van der Waals surface area contributed by atoms with Gasteiger partial charge >= 0.3 is 0 Å². The number of aliphatic hydroxyl groups excluding tert-OH is 1. The van der Waals surface area contributed by atoms with Gasteiger partial charge in [-0.2, -0.15) is 0 Å². The third-order valence-corrected chi connectivity index (χ3v) is 6.93. The second-order valence-corrected chi connectivity index (χ2v) is 9.72. The third kappa shape index (κ3) is 6.15. The maximum Gasteiger partial charge on any atom is 0.295 e. The lowest BCUT2D eigenvalue weighted by Crippen LogP contribution is -2.32. The summed E-state index contributed by atoms with van der Waals surface area (Å²) in [5.41, 5.74) is 2.84. The maximum atomic E-state index is 13.4. The molecule has 1 aliphatic rings. The van der Waals surface area contributed by atoms with E-state index in [4.69, 9.17) is 14.2 Å². The lowest BCUT2D eigenvalue weighted by Gasteiger charge is -2.25. The van der Waals surface area contributed by atoms with Crippen molar-refractivity contribution in [3.63, 3.8) is 0 Å². The summed E-state index contributed by atoms with van der Waals surface area (Å²) in [5.74, 6) is 0.149. The van der Waals surface area contributed by atoms with Gasteiger partial charge in [0.25, 0.3) is 11.7 Å². The first-order valence-corrected chi connectivity index (χ1v) is 13.3. The minimum absolute atomic E-state index is 0.0176. The molecule has 0 unspecified atom stereocenters. The molecule has 0 radical (unpaired) electrons. The zero-order valence-electron chi connectivity index (χ0n) is 22.9. The number of hydrogen-bond acceptors (Lipinski definition) is 6. The van der Waals surface area contributed by atoms with E-state index in [0.29, 0.717) is 40.5 Å². The number of aliphatic hydroxyl groups is 1. The summed E-state index contributed by atoms with van der Waals surface area (Å²) in [6.45, 7) is 2.64. The van der Waals surface area contributed by atoms with Crippen LogP contribution in [0.5, 0.6) is 17.2 Å². The van der Waals surface area contributed by atoms with Crippen molar-refractivity contribution in [2.24, 2.45) is 0 Å². The van der Waals surface area contributed by atoms with Gasteiger partial charge < -0.3 is 24.2 Å². The van der Waals surface area contributed by atoms with E-state index in [9.17, 15) is 14.7 Å². The number of likely N-dealkylation sites (tertiary alicyclic amines) is 1. The molecule has 0 saturated carbocycles. The van der Waals surface area contributed by atoms with Crippen LogP contribution < -0.4 is 9.47 Å². The number of rotatable bonds is 10. The molecule has 0 spiro atoms. The van der Waals surface area contributed by atoms with Crippen LogP contribution in [0.15, 0.2) is 109 Å². The van der Waals surface area contributed by atoms with Crippen LogP contribution in [-0.2, 0) is 20.9 Å². The third-order valence-electron chi connectivity index (χ3n) is 6.93. The summed E-state index contributed by atoms with van der Waals surface area (Å²) in [5, 5.41) is 11.5. The van der Waals surface area contributed by atoms with Gasteiger partial charge in [0.2, 0.25) is 0 Å². The van der Waals surface area contributed by atoms with Crippen LogP contribution in [0.25, 0.3) is 5.76 Å². The average Bonchev–Trinajstić information content (AvgIpc) is 3.25. The van der Waals surface area contributed by atoms with Gasteiger partial charge in [0, 0.05) is 19.2 Å². The fraction of sp³-hybridized carbons (Fsp3) is 0.176. The number of Topliss-reactive ketones (excluding diaryl/α,β-unsaturated/α-hetero) is 1. The normalized spacial score (nSPS) is 16.1. The topological polar surface area (TPSA) is 85.3 Å². The highest BCUT2D eigenvalue weighted by Gasteiger charge is 2.46. The largest absolute Gasteiger partial charge is 0.507 e. The molecule has 5 rings (SSSR count). The molecule has 208 valence electrons. The van der Waals surface area contributed by atoms with E-state index >= 15 is 0 Å². The molecule has 1 aliphatic heterocycles. The van der Waals surface area contributed by atoms with Gasteiger partial charge in [0.05, 0.1) is 18.2 Å². The van der Waals surface area contributed by atoms with Crippen LogP contribution in [0.4, 0.5) is 0 Å². The summed E-state index contributed by atoms with van der Waals surface area (Å²) >= 11 is 0. The number of hydrogen-bond donors (Lipinski definition) is 1. The van der Waals surface area contributed by atoms with Crippen LogP contribution in [0.1, 0.15) is 28.3 Å². The van der Waals surface area contributed by atoms with Crippen LogP contribution in [-0.4, -0.2) is 42.0 Å². The number of para-hydroxylation sites is 1. The molecule has 0 aliphatic carbocycles. The second kappa shape index (κ2) is 12.5. The van der Waals surface area contributed by atoms with E-state index in [1.165, 1.54) is 12.0 Å². The number of nitrogens with zero attached hydrogens (tertiary/aromatic N) is 1. The summed E-state index contributed by atoms with van der Waals surface area (Å²) in [6.07, 6.45) is 0.